The van der Waals surface area contributed by atoms with Gasteiger partial charge in [-0.15, -0.1) is 0 Å². The summed E-state index contributed by atoms with van der Waals surface area (Å²) in [6.45, 7) is 2.86. The number of likely N-dealkylation sites (N-methyl/N-ethyl adjacent to an activating group) is 1. The first-order valence-electron chi connectivity index (χ1n) is 6.90. The molecule has 0 bridgehead atoms. The minimum atomic E-state index is -0.404. The molecule has 0 atom stereocenters. The van der Waals surface area contributed by atoms with Crippen LogP contribution >= 0.6 is 0 Å². The first-order valence-corrected chi connectivity index (χ1v) is 6.90. The number of hydrogen-bond donors (Lipinski definition) is 0. The molecular weight excluding hydrogens is 270 g/mol. The average molecular weight is 289 g/mol. The molecule has 0 aliphatic carbocycles. The summed E-state index contributed by atoms with van der Waals surface area (Å²) in [7, 11) is 1.32. The number of hydrogen-bond acceptors (Lipinski definition) is 4. The van der Waals surface area contributed by atoms with E-state index in [1.54, 1.807) is 6.33 Å². The zero-order valence-corrected chi connectivity index (χ0v) is 12.3. The molecule has 0 aliphatic heterocycles. The van der Waals surface area contributed by atoms with Crippen molar-refractivity contribution in [1.29, 1.82) is 0 Å². The fraction of sp³-hybridized carbons (Fsp3) is 0.400. The number of benzene rings is 1. The van der Waals surface area contributed by atoms with Gasteiger partial charge in [-0.05, 0) is 19.1 Å². The van der Waals surface area contributed by atoms with Gasteiger partial charge in [-0.25, -0.2) is 4.98 Å². The predicted molar refractivity (Wildman–Crippen MR) is 78.6 cm³/mol. The highest BCUT2D eigenvalue weighted by atomic mass is 16.5. The van der Waals surface area contributed by atoms with Crippen molar-refractivity contribution in [3.8, 4) is 0 Å². The number of fused-ring (bicyclic) bond motifs is 1. The van der Waals surface area contributed by atoms with Gasteiger partial charge in [0.15, 0.2) is 0 Å². The molecule has 112 valence electrons. The molecule has 0 fully saturated rings. The molecule has 1 amide bonds. The van der Waals surface area contributed by atoms with Crippen molar-refractivity contribution in [1.82, 2.24) is 14.5 Å². The lowest BCUT2D eigenvalue weighted by atomic mass is 10.3. The molecule has 0 saturated heterocycles. The molecule has 6 nitrogen and oxygen atoms in total. The molecule has 21 heavy (non-hydrogen) atoms. The van der Waals surface area contributed by atoms with Crippen molar-refractivity contribution in [2.75, 3.05) is 20.2 Å². The summed E-state index contributed by atoms with van der Waals surface area (Å²) in [5, 5.41) is 0. The highest BCUT2D eigenvalue weighted by Gasteiger charge is 2.15. The van der Waals surface area contributed by atoms with Crippen molar-refractivity contribution >= 4 is 22.9 Å². The van der Waals surface area contributed by atoms with Crippen LogP contribution in [0, 0.1) is 0 Å². The lowest BCUT2D eigenvalue weighted by Crippen LogP contribution is -2.36. The Hall–Kier alpha value is -2.37. The highest BCUT2D eigenvalue weighted by Crippen LogP contribution is 2.12. The van der Waals surface area contributed by atoms with Crippen LogP contribution in [0.4, 0.5) is 0 Å². The molecule has 1 aromatic carbocycles. The predicted octanol–water partition coefficient (Wildman–Crippen LogP) is 1.45. The molecule has 0 N–H and O–H groups in total. The van der Waals surface area contributed by atoms with Crippen molar-refractivity contribution in [2.24, 2.45) is 0 Å². The van der Waals surface area contributed by atoms with Crippen molar-refractivity contribution in [3.05, 3.63) is 30.6 Å². The van der Waals surface area contributed by atoms with Gasteiger partial charge in [-0.3, -0.25) is 9.59 Å². The monoisotopic (exact) mass is 289 g/mol. The third kappa shape index (κ3) is 3.59. The van der Waals surface area contributed by atoms with Gasteiger partial charge in [0.1, 0.15) is 6.54 Å². The Morgan fingerprint density at radius 3 is 2.81 bits per heavy atom. The Morgan fingerprint density at radius 2 is 2.10 bits per heavy atom. The van der Waals surface area contributed by atoms with Crippen LogP contribution in [-0.4, -0.2) is 46.5 Å². The highest BCUT2D eigenvalue weighted by molar-refractivity contribution is 5.82. The summed E-state index contributed by atoms with van der Waals surface area (Å²) in [6.07, 6.45) is 2.06. The normalized spacial score (nSPS) is 10.6. The van der Waals surface area contributed by atoms with Crippen LogP contribution in [0.2, 0.25) is 0 Å². The van der Waals surface area contributed by atoms with Gasteiger partial charge >= 0.3 is 5.97 Å². The largest absolute Gasteiger partial charge is 0.468 e. The number of methoxy groups -OCH3 is 1. The van der Waals surface area contributed by atoms with Crippen LogP contribution in [-0.2, 0) is 20.9 Å². The van der Waals surface area contributed by atoms with Crippen molar-refractivity contribution in [3.63, 3.8) is 0 Å². The minimum Gasteiger partial charge on any atom is -0.468 e. The summed E-state index contributed by atoms with van der Waals surface area (Å²) < 4.78 is 6.54. The molecule has 0 spiro atoms. The van der Waals surface area contributed by atoms with E-state index in [1.165, 1.54) is 12.0 Å². The number of esters is 1. The number of rotatable bonds is 6. The Morgan fingerprint density at radius 1 is 1.33 bits per heavy atom. The second kappa shape index (κ2) is 6.88. The second-order valence-corrected chi connectivity index (χ2v) is 4.66. The van der Waals surface area contributed by atoms with Crippen LogP contribution < -0.4 is 0 Å². The molecule has 0 unspecified atom stereocenters. The molecule has 0 radical (unpaired) electrons. The number of ether oxygens (including phenoxy) is 1. The van der Waals surface area contributed by atoms with Gasteiger partial charge < -0.3 is 14.2 Å². The quantitative estimate of drug-likeness (QED) is 0.755. The SMILES string of the molecule is CCN(CC(=O)OC)C(=O)CCn1cnc2ccccc21. The Labute approximate surface area is 123 Å². The second-order valence-electron chi connectivity index (χ2n) is 4.66. The summed E-state index contributed by atoms with van der Waals surface area (Å²) in [5.74, 6) is -0.473. The van der Waals surface area contributed by atoms with E-state index < -0.39 is 5.97 Å². The van der Waals surface area contributed by atoms with Crippen LogP contribution in [0.15, 0.2) is 30.6 Å². The summed E-state index contributed by atoms with van der Waals surface area (Å²) >= 11 is 0. The number of nitrogens with zero attached hydrogens (tertiary/aromatic N) is 3. The number of aromatic nitrogens is 2. The van der Waals surface area contributed by atoms with Crippen LogP contribution in [0.5, 0.6) is 0 Å². The lowest BCUT2D eigenvalue weighted by Gasteiger charge is -2.19. The third-order valence-electron chi connectivity index (χ3n) is 3.38. The van der Waals surface area contributed by atoms with Gasteiger partial charge in [-0.2, -0.15) is 0 Å². The molecule has 1 aromatic heterocycles. The number of imidazole rings is 1. The Bertz CT molecular complexity index is 636. The molecule has 0 aliphatic rings. The van der Waals surface area contributed by atoms with Gasteiger partial charge in [-0.1, -0.05) is 12.1 Å². The third-order valence-corrected chi connectivity index (χ3v) is 3.38. The van der Waals surface area contributed by atoms with Gasteiger partial charge in [0.25, 0.3) is 0 Å². The van der Waals surface area contributed by atoms with E-state index in [2.05, 4.69) is 9.72 Å². The van der Waals surface area contributed by atoms with Crippen molar-refractivity contribution < 1.29 is 14.3 Å². The maximum absolute atomic E-state index is 12.1. The van der Waals surface area contributed by atoms with E-state index in [0.29, 0.717) is 19.5 Å². The smallest absolute Gasteiger partial charge is 0.325 e. The molecule has 1 heterocycles. The summed E-state index contributed by atoms with van der Waals surface area (Å²) in [5.41, 5.74) is 1.91. The van der Waals surface area contributed by atoms with Gasteiger partial charge in [0, 0.05) is 19.5 Å². The van der Waals surface area contributed by atoms with Gasteiger partial charge in [0.2, 0.25) is 5.91 Å². The zero-order valence-electron chi connectivity index (χ0n) is 12.3. The average Bonchev–Trinajstić information content (AvgIpc) is 2.93. The maximum Gasteiger partial charge on any atom is 0.325 e. The first-order chi connectivity index (χ1) is 10.2. The van der Waals surface area contributed by atoms with Crippen LogP contribution in [0.3, 0.4) is 0 Å². The molecular formula is C15H19N3O3. The van der Waals surface area contributed by atoms with E-state index in [1.807, 2.05) is 35.8 Å². The maximum atomic E-state index is 12.1. The topological polar surface area (TPSA) is 64.4 Å². The number of amides is 1. The molecule has 2 aromatic rings. The fourth-order valence-corrected chi connectivity index (χ4v) is 2.16. The fourth-order valence-electron chi connectivity index (χ4n) is 2.16. The Kier molecular flexibility index (Phi) is 4.92. The number of carbonyl (C=O) groups is 2. The zero-order chi connectivity index (χ0) is 15.2. The van der Waals surface area contributed by atoms with Crippen molar-refractivity contribution in [2.45, 2.75) is 19.9 Å². The van der Waals surface area contributed by atoms with E-state index >= 15 is 0 Å². The lowest BCUT2D eigenvalue weighted by molar-refractivity contribution is -0.146. The number of carbonyl (C=O) groups excluding carboxylic acids is 2. The standard InChI is InChI=1S/C15H19N3O3/c1-3-17(10-15(20)21-2)14(19)8-9-18-11-16-12-6-4-5-7-13(12)18/h4-7,11H,3,8-10H2,1-2H3. The van der Waals surface area contributed by atoms with E-state index in [-0.39, 0.29) is 12.5 Å². The van der Waals surface area contributed by atoms with E-state index in [9.17, 15) is 9.59 Å². The Balaban J connectivity index is 1.98. The first kappa shape index (κ1) is 15.0. The molecule has 2 rings (SSSR count). The number of aryl methyl sites for hydroxylation is 1. The summed E-state index contributed by atoms with van der Waals surface area (Å²) in [6, 6.07) is 7.78. The molecule has 6 heteroatoms. The van der Waals surface area contributed by atoms with E-state index in [4.69, 9.17) is 0 Å². The van der Waals surface area contributed by atoms with Crippen LogP contribution in [0.25, 0.3) is 11.0 Å². The summed E-state index contributed by atoms with van der Waals surface area (Å²) in [4.78, 5) is 29.2. The van der Waals surface area contributed by atoms with Crippen LogP contribution in [0.1, 0.15) is 13.3 Å². The van der Waals surface area contributed by atoms with Gasteiger partial charge in [0.05, 0.1) is 24.5 Å². The minimum absolute atomic E-state index is 0.00346. The number of para-hydroxylation sites is 2. The molecule has 0 saturated carbocycles. The van der Waals surface area contributed by atoms with E-state index in [0.717, 1.165) is 11.0 Å².